The lowest BCUT2D eigenvalue weighted by Gasteiger charge is -2.22. The van der Waals surface area contributed by atoms with Crippen molar-refractivity contribution in [3.63, 3.8) is 0 Å². The quantitative estimate of drug-likeness (QED) is 0.187. The number of fused-ring (bicyclic) bond motifs is 1. The van der Waals surface area contributed by atoms with Crippen molar-refractivity contribution >= 4 is 55.5 Å². The minimum Gasteiger partial charge on any atom is -0.506 e. The number of aliphatic hydroxyl groups is 1. The lowest BCUT2D eigenvalue weighted by molar-refractivity contribution is -0.132. The third-order valence-corrected chi connectivity index (χ3v) is 8.14. The topological polar surface area (TPSA) is 89.0 Å². The van der Waals surface area contributed by atoms with Gasteiger partial charge in [-0.1, -0.05) is 43.4 Å². The Morgan fingerprint density at radius 1 is 1.06 bits per heavy atom. The molecule has 1 saturated heterocycles. The smallest absolute Gasteiger partial charge is 0.301 e. The zero-order valence-electron chi connectivity index (χ0n) is 20.1. The Morgan fingerprint density at radius 3 is 2.39 bits per heavy atom. The molecule has 1 unspecified atom stereocenters. The van der Waals surface area contributed by atoms with E-state index < -0.39 is 17.7 Å². The second kappa shape index (κ2) is 9.40. The van der Waals surface area contributed by atoms with Crippen LogP contribution in [0.25, 0.3) is 16.0 Å². The summed E-state index contributed by atoms with van der Waals surface area (Å²) in [5.74, 6) is -0.899. The number of rotatable bonds is 6. The van der Waals surface area contributed by atoms with Gasteiger partial charge in [-0.15, -0.1) is 11.3 Å². The number of benzene rings is 2. The molecule has 1 atom stereocenters. The fourth-order valence-corrected chi connectivity index (χ4v) is 6.22. The van der Waals surface area contributed by atoms with Gasteiger partial charge in [0.15, 0.2) is 5.13 Å². The van der Waals surface area contributed by atoms with Gasteiger partial charge in [0.05, 0.1) is 30.0 Å². The molecule has 9 heteroatoms. The minimum atomic E-state index is -0.843. The van der Waals surface area contributed by atoms with Crippen LogP contribution in [-0.4, -0.2) is 36.0 Å². The largest absolute Gasteiger partial charge is 0.506 e. The second-order valence-electron chi connectivity index (χ2n) is 8.60. The van der Waals surface area contributed by atoms with Gasteiger partial charge in [-0.3, -0.25) is 14.5 Å². The summed E-state index contributed by atoms with van der Waals surface area (Å²) in [6.07, 6.45) is 0. The van der Waals surface area contributed by atoms with Gasteiger partial charge in [-0.2, -0.15) is 0 Å². The molecule has 0 saturated carbocycles. The first kappa shape index (κ1) is 24.0. The van der Waals surface area contributed by atoms with Crippen molar-refractivity contribution in [3.05, 3.63) is 75.5 Å². The van der Waals surface area contributed by atoms with E-state index in [2.05, 4.69) is 19.9 Å². The average Bonchev–Trinajstić information content (AvgIpc) is 3.61. The van der Waals surface area contributed by atoms with Crippen molar-refractivity contribution in [2.24, 2.45) is 0 Å². The van der Waals surface area contributed by atoms with Crippen molar-refractivity contribution in [2.45, 2.75) is 25.8 Å². The number of thiophene rings is 1. The monoisotopic (exact) mass is 520 g/mol. The summed E-state index contributed by atoms with van der Waals surface area (Å²) in [5.41, 5.74) is 2.09. The summed E-state index contributed by atoms with van der Waals surface area (Å²) in [7, 11) is 2.93. The molecule has 5 rings (SSSR count). The van der Waals surface area contributed by atoms with Crippen molar-refractivity contribution in [1.29, 1.82) is 0 Å². The van der Waals surface area contributed by atoms with Gasteiger partial charge in [0, 0.05) is 4.88 Å². The molecule has 0 bridgehead atoms. The van der Waals surface area contributed by atoms with E-state index in [0.29, 0.717) is 22.5 Å². The van der Waals surface area contributed by atoms with E-state index in [1.54, 1.807) is 18.2 Å². The number of carbonyl (C=O) groups excluding carboxylic acids is 2. The Balaban J connectivity index is 1.73. The summed E-state index contributed by atoms with van der Waals surface area (Å²) < 4.78 is 11.8. The number of hydrogen-bond acceptors (Lipinski definition) is 8. The molecule has 3 heterocycles. The molecular weight excluding hydrogens is 496 g/mol. The normalized spacial score (nSPS) is 17.4. The number of carbonyl (C=O) groups is 2. The fraction of sp³-hybridized carbons (Fsp3) is 0.222. The molecule has 4 aromatic rings. The molecule has 1 aliphatic rings. The van der Waals surface area contributed by atoms with Crippen LogP contribution in [0.3, 0.4) is 0 Å². The highest BCUT2D eigenvalue weighted by atomic mass is 32.1. The van der Waals surface area contributed by atoms with Crippen molar-refractivity contribution in [1.82, 2.24) is 4.98 Å². The number of nitrogens with zero attached hydrogens (tertiary/aromatic N) is 2. The summed E-state index contributed by atoms with van der Waals surface area (Å²) >= 11 is 2.75. The number of Topliss-reactive ketones (excluding diaryl/α,β-unsaturated/α-hetero) is 1. The van der Waals surface area contributed by atoms with Gasteiger partial charge in [0.25, 0.3) is 5.78 Å². The van der Waals surface area contributed by atoms with Crippen LogP contribution >= 0.6 is 22.7 Å². The predicted molar refractivity (Wildman–Crippen MR) is 142 cm³/mol. The zero-order valence-corrected chi connectivity index (χ0v) is 21.8. The average molecular weight is 521 g/mol. The van der Waals surface area contributed by atoms with Crippen LogP contribution in [0.5, 0.6) is 11.5 Å². The van der Waals surface area contributed by atoms with Crippen LogP contribution in [-0.2, 0) is 9.59 Å². The van der Waals surface area contributed by atoms with Crippen molar-refractivity contribution in [2.75, 3.05) is 19.1 Å². The van der Waals surface area contributed by atoms with E-state index in [1.807, 2.05) is 29.6 Å². The van der Waals surface area contributed by atoms with Crippen LogP contribution in [0.15, 0.2) is 59.5 Å². The number of anilines is 1. The highest BCUT2D eigenvalue weighted by Gasteiger charge is 2.49. The van der Waals surface area contributed by atoms with Gasteiger partial charge >= 0.3 is 5.91 Å². The van der Waals surface area contributed by atoms with E-state index in [-0.39, 0.29) is 16.9 Å². The Bertz CT molecular complexity index is 1480. The molecule has 2 aromatic carbocycles. The number of hydrogen-bond donors (Lipinski definition) is 1. The molecule has 7 nitrogen and oxygen atoms in total. The van der Waals surface area contributed by atoms with Crippen LogP contribution in [0.2, 0.25) is 0 Å². The van der Waals surface area contributed by atoms with E-state index in [4.69, 9.17) is 14.5 Å². The molecule has 0 radical (unpaired) electrons. The van der Waals surface area contributed by atoms with Crippen LogP contribution in [0.1, 0.15) is 41.8 Å². The maximum absolute atomic E-state index is 13.5. The van der Waals surface area contributed by atoms with Gasteiger partial charge in [-0.05, 0) is 47.2 Å². The van der Waals surface area contributed by atoms with Crippen LogP contribution < -0.4 is 14.4 Å². The highest BCUT2D eigenvalue weighted by molar-refractivity contribution is 7.22. The molecule has 1 aliphatic heterocycles. The lowest BCUT2D eigenvalue weighted by Crippen LogP contribution is -2.28. The number of ketones is 1. The SMILES string of the molecule is COc1cccc(OC)c1/C(O)=C1\C(=O)C(=O)N(c2nc3ccc(C(C)C)cc3s2)C1c1cccs1. The van der Waals surface area contributed by atoms with Crippen molar-refractivity contribution in [3.8, 4) is 11.5 Å². The Hall–Kier alpha value is -3.69. The summed E-state index contributed by atoms with van der Waals surface area (Å²) in [6, 6.07) is 13.9. The maximum atomic E-state index is 13.5. The summed E-state index contributed by atoms with van der Waals surface area (Å²) in [5, 5.41) is 13.8. The number of methoxy groups -OCH3 is 2. The van der Waals surface area contributed by atoms with E-state index in [9.17, 15) is 14.7 Å². The fourth-order valence-electron chi connectivity index (χ4n) is 4.36. The second-order valence-corrected chi connectivity index (χ2v) is 10.6. The van der Waals surface area contributed by atoms with Crippen molar-refractivity contribution < 1.29 is 24.2 Å². The Kier molecular flexibility index (Phi) is 6.27. The van der Waals surface area contributed by atoms with Gasteiger partial charge < -0.3 is 14.6 Å². The molecule has 1 fully saturated rings. The highest BCUT2D eigenvalue weighted by Crippen LogP contribution is 2.47. The van der Waals surface area contributed by atoms with E-state index >= 15 is 0 Å². The summed E-state index contributed by atoms with van der Waals surface area (Å²) in [4.78, 5) is 33.7. The number of amides is 1. The minimum absolute atomic E-state index is 0.0348. The molecule has 36 heavy (non-hydrogen) atoms. The maximum Gasteiger partial charge on any atom is 0.301 e. The first-order valence-corrected chi connectivity index (χ1v) is 13.0. The Morgan fingerprint density at radius 2 is 1.78 bits per heavy atom. The Labute approximate surface area is 216 Å². The first-order valence-electron chi connectivity index (χ1n) is 11.3. The van der Waals surface area contributed by atoms with Gasteiger partial charge in [0.2, 0.25) is 0 Å². The molecule has 0 spiro atoms. The number of aliphatic hydroxyl groups excluding tert-OH is 1. The lowest BCUT2D eigenvalue weighted by atomic mass is 9.99. The third-order valence-electron chi connectivity index (χ3n) is 6.20. The molecule has 184 valence electrons. The summed E-state index contributed by atoms with van der Waals surface area (Å²) in [6.45, 7) is 4.23. The van der Waals surface area contributed by atoms with Gasteiger partial charge in [0.1, 0.15) is 28.9 Å². The number of ether oxygens (including phenoxy) is 2. The number of thiazole rings is 1. The molecule has 2 aromatic heterocycles. The van der Waals surface area contributed by atoms with E-state index in [1.165, 1.54) is 41.8 Å². The zero-order chi connectivity index (χ0) is 25.6. The predicted octanol–water partition coefficient (Wildman–Crippen LogP) is 6.12. The van der Waals surface area contributed by atoms with E-state index in [0.717, 1.165) is 20.7 Å². The molecular formula is C27H24N2O5S2. The molecule has 0 aliphatic carbocycles. The number of aromatic nitrogens is 1. The van der Waals surface area contributed by atoms with Crippen LogP contribution in [0.4, 0.5) is 5.13 Å². The third kappa shape index (κ3) is 3.84. The molecule has 1 N–H and O–H groups in total. The molecule has 1 amide bonds. The van der Waals surface area contributed by atoms with Gasteiger partial charge in [-0.25, -0.2) is 4.98 Å². The standard InChI is InChI=1S/C27H24N2O5S2/c1-14(2)15-10-11-16-20(13-15)36-27(28-16)29-23(19-9-6-12-35-19)22(25(31)26(29)32)24(30)21-17(33-3)7-5-8-18(21)34-4/h5-14,23,30H,1-4H3/b24-22+. The first-order chi connectivity index (χ1) is 17.3. The van der Waals surface area contributed by atoms with Crippen LogP contribution in [0, 0.1) is 0 Å².